The normalized spacial score (nSPS) is 17.0. The highest BCUT2D eigenvalue weighted by atomic mass is 19.1. The maximum atomic E-state index is 13.8. The van der Waals surface area contributed by atoms with E-state index in [-0.39, 0.29) is 18.4 Å². The molecule has 0 unspecified atom stereocenters. The first kappa shape index (κ1) is 12.5. The van der Waals surface area contributed by atoms with Crippen LogP contribution in [0.15, 0.2) is 12.1 Å². The van der Waals surface area contributed by atoms with Gasteiger partial charge in [0, 0.05) is 5.56 Å². The molecule has 0 aromatic heterocycles. The van der Waals surface area contributed by atoms with E-state index in [1.54, 1.807) is 0 Å². The van der Waals surface area contributed by atoms with Gasteiger partial charge in [0.2, 0.25) is 0 Å². The molecule has 0 bridgehead atoms. The van der Waals surface area contributed by atoms with E-state index in [1.165, 1.54) is 0 Å². The maximum absolute atomic E-state index is 13.8. The van der Waals surface area contributed by atoms with Crippen LogP contribution in [0.5, 0.6) is 0 Å². The molecule has 0 spiro atoms. The summed E-state index contributed by atoms with van der Waals surface area (Å²) in [5.74, 6) is -4.91. The summed E-state index contributed by atoms with van der Waals surface area (Å²) in [6, 6.07) is 1.22. The van der Waals surface area contributed by atoms with Crippen LogP contribution in [0.2, 0.25) is 0 Å². The zero-order valence-corrected chi connectivity index (χ0v) is 9.24. The predicted molar refractivity (Wildman–Crippen MR) is 56.5 cm³/mol. The Morgan fingerprint density at radius 1 is 1.11 bits per heavy atom. The first-order chi connectivity index (χ1) is 8.38. The average Bonchev–Trinajstić information content (AvgIpc) is 2.20. The number of hydrogen-bond acceptors (Lipinski definition) is 2. The standard InChI is InChI=1S/C12H10F2O4/c13-8-5-7(9(14)4-6(8)10(15)16)12(11(17)18)2-1-3-12/h4-5H,1-3H2,(H,15,16)(H,17,18). The van der Waals surface area contributed by atoms with Crippen LogP contribution in [-0.4, -0.2) is 22.2 Å². The quantitative estimate of drug-likeness (QED) is 0.869. The number of carboxylic acid groups (broad SMARTS) is 2. The smallest absolute Gasteiger partial charge is 0.338 e. The average molecular weight is 256 g/mol. The summed E-state index contributed by atoms with van der Waals surface area (Å²) < 4.78 is 27.3. The molecule has 1 aromatic carbocycles. The molecule has 18 heavy (non-hydrogen) atoms. The Labute approximate surface area is 101 Å². The number of aliphatic carboxylic acids is 1. The molecule has 0 radical (unpaired) electrons. The minimum Gasteiger partial charge on any atom is -0.481 e. The molecular formula is C12H10F2O4. The Morgan fingerprint density at radius 3 is 2.11 bits per heavy atom. The van der Waals surface area contributed by atoms with Crippen LogP contribution in [0, 0.1) is 11.6 Å². The van der Waals surface area contributed by atoms with Gasteiger partial charge in [0.05, 0.1) is 11.0 Å². The minimum absolute atomic E-state index is 0.227. The van der Waals surface area contributed by atoms with Gasteiger partial charge in [0.25, 0.3) is 0 Å². The molecule has 1 saturated carbocycles. The summed E-state index contributed by atoms with van der Waals surface area (Å²) in [6.45, 7) is 0. The number of benzene rings is 1. The van der Waals surface area contributed by atoms with E-state index in [2.05, 4.69) is 0 Å². The van der Waals surface area contributed by atoms with Crippen molar-refractivity contribution >= 4 is 11.9 Å². The van der Waals surface area contributed by atoms with E-state index in [1.807, 2.05) is 0 Å². The van der Waals surface area contributed by atoms with Gasteiger partial charge in [-0.3, -0.25) is 4.79 Å². The van der Waals surface area contributed by atoms with Crippen LogP contribution in [0.25, 0.3) is 0 Å². The van der Waals surface area contributed by atoms with E-state index in [9.17, 15) is 18.4 Å². The van der Waals surface area contributed by atoms with Crippen molar-refractivity contribution in [3.63, 3.8) is 0 Å². The lowest BCUT2D eigenvalue weighted by Crippen LogP contribution is -2.43. The fraction of sp³-hybridized carbons (Fsp3) is 0.333. The molecule has 0 heterocycles. The molecule has 6 heteroatoms. The van der Waals surface area contributed by atoms with Crippen LogP contribution in [0.3, 0.4) is 0 Å². The minimum atomic E-state index is -1.59. The van der Waals surface area contributed by atoms with E-state index in [0.717, 1.165) is 0 Å². The van der Waals surface area contributed by atoms with Crippen molar-refractivity contribution in [2.45, 2.75) is 24.7 Å². The van der Waals surface area contributed by atoms with E-state index in [0.29, 0.717) is 18.6 Å². The lowest BCUT2D eigenvalue weighted by molar-refractivity contribution is -0.147. The zero-order valence-electron chi connectivity index (χ0n) is 9.24. The summed E-state index contributed by atoms with van der Waals surface area (Å²) >= 11 is 0. The molecule has 0 amide bonds. The van der Waals surface area contributed by atoms with Crippen LogP contribution < -0.4 is 0 Å². The third-order valence-corrected chi connectivity index (χ3v) is 3.42. The molecule has 0 saturated heterocycles. The van der Waals surface area contributed by atoms with E-state index in [4.69, 9.17) is 10.2 Å². The SMILES string of the molecule is O=C(O)c1cc(F)c(C2(C(=O)O)CCC2)cc1F. The Balaban J connectivity index is 2.56. The van der Waals surface area contributed by atoms with Crippen LogP contribution in [-0.2, 0) is 10.2 Å². The van der Waals surface area contributed by atoms with Gasteiger partial charge in [0.1, 0.15) is 11.6 Å². The number of hydrogen-bond donors (Lipinski definition) is 2. The molecular weight excluding hydrogens is 246 g/mol. The Bertz CT molecular complexity index is 535. The van der Waals surface area contributed by atoms with Gasteiger partial charge in [-0.25, -0.2) is 13.6 Å². The Morgan fingerprint density at radius 2 is 1.72 bits per heavy atom. The zero-order chi connectivity index (χ0) is 13.5. The highest BCUT2D eigenvalue weighted by molar-refractivity contribution is 5.89. The van der Waals surface area contributed by atoms with Crippen LogP contribution >= 0.6 is 0 Å². The second-order valence-corrected chi connectivity index (χ2v) is 4.36. The van der Waals surface area contributed by atoms with Crippen molar-refractivity contribution in [1.29, 1.82) is 0 Å². The first-order valence-electron chi connectivity index (χ1n) is 5.35. The third kappa shape index (κ3) is 1.64. The van der Waals surface area contributed by atoms with Gasteiger partial charge in [-0.05, 0) is 25.0 Å². The summed E-state index contributed by atoms with van der Waals surface area (Å²) in [4.78, 5) is 21.8. The summed E-state index contributed by atoms with van der Waals surface area (Å²) in [5.41, 5.74) is -2.48. The predicted octanol–water partition coefficient (Wildman–Crippen LogP) is 2.17. The van der Waals surface area contributed by atoms with Crippen molar-refractivity contribution in [3.8, 4) is 0 Å². The van der Waals surface area contributed by atoms with Crippen molar-refractivity contribution < 1.29 is 28.6 Å². The molecule has 0 atom stereocenters. The largest absolute Gasteiger partial charge is 0.481 e. The first-order valence-corrected chi connectivity index (χ1v) is 5.35. The molecule has 96 valence electrons. The maximum Gasteiger partial charge on any atom is 0.338 e. The summed E-state index contributed by atoms with van der Waals surface area (Å²) in [5, 5.41) is 17.8. The van der Waals surface area contributed by atoms with Crippen molar-refractivity contribution in [2.75, 3.05) is 0 Å². The lowest BCUT2D eigenvalue weighted by Gasteiger charge is -2.38. The Kier molecular flexibility index (Phi) is 2.80. The number of carbonyl (C=O) groups is 2. The highest BCUT2D eigenvalue weighted by Gasteiger charge is 2.48. The van der Waals surface area contributed by atoms with Gasteiger partial charge in [0.15, 0.2) is 0 Å². The molecule has 1 fully saturated rings. The molecule has 2 rings (SSSR count). The second kappa shape index (κ2) is 4.04. The van der Waals surface area contributed by atoms with Gasteiger partial charge in [-0.2, -0.15) is 0 Å². The Hall–Kier alpha value is -1.98. The monoisotopic (exact) mass is 256 g/mol. The van der Waals surface area contributed by atoms with Gasteiger partial charge < -0.3 is 10.2 Å². The fourth-order valence-corrected chi connectivity index (χ4v) is 2.21. The highest BCUT2D eigenvalue weighted by Crippen LogP contribution is 2.45. The van der Waals surface area contributed by atoms with E-state index >= 15 is 0 Å². The van der Waals surface area contributed by atoms with Crippen LogP contribution in [0.4, 0.5) is 8.78 Å². The summed E-state index contributed by atoms with van der Waals surface area (Å²) in [7, 11) is 0. The molecule has 1 aliphatic carbocycles. The molecule has 4 nitrogen and oxygen atoms in total. The van der Waals surface area contributed by atoms with Crippen molar-refractivity contribution in [2.24, 2.45) is 0 Å². The number of aromatic carboxylic acids is 1. The lowest BCUT2D eigenvalue weighted by atomic mass is 9.64. The van der Waals surface area contributed by atoms with Gasteiger partial charge in [-0.1, -0.05) is 6.42 Å². The van der Waals surface area contributed by atoms with Crippen molar-refractivity contribution in [1.82, 2.24) is 0 Å². The summed E-state index contributed by atoms with van der Waals surface area (Å²) in [6.07, 6.45) is 1.07. The molecule has 2 N–H and O–H groups in total. The fourth-order valence-electron chi connectivity index (χ4n) is 2.21. The molecule has 0 aliphatic heterocycles. The number of rotatable bonds is 3. The molecule has 1 aromatic rings. The third-order valence-electron chi connectivity index (χ3n) is 3.42. The van der Waals surface area contributed by atoms with Crippen molar-refractivity contribution in [3.05, 3.63) is 34.9 Å². The van der Waals surface area contributed by atoms with E-state index < -0.39 is 34.6 Å². The van der Waals surface area contributed by atoms with Gasteiger partial charge >= 0.3 is 11.9 Å². The number of halogens is 2. The second-order valence-electron chi connectivity index (χ2n) is 4.36. The number of carboxylic acids is 2. The molecule has 1 aliphatic rings. The van der Waals surface area contributed by atoms with Gasteiger partial charge in [-0.15, -0.1) is 0 Å². The topological polar surface area (TPSA) is 74.6 Å². The van der Waals surface area contributed by atoms with Crippen LogP contribution in [0.1, 0.15) is 35.2 Å².